The second-order valence-corrected chi connectivity index (χ2v) is 5.97. The summed E-state index contributed by atoms with van der Waals surface area (Å²) < 4.78 is 0. The molecule has 2 saturated heterocycles. The Balaban J connectivity index is 1.84. The third kappa shape index (κ3) is 2.54. The molecule has 2 aliphatic heterocycles. The van der Waals surface area contributed by atoms with Crippen molar-refractivity contribution in [1.82, 2.24) is 10.6 Å². The van der Waals surface area contributed by atoms with Crippen molar-refractivity contribution in [3.63, 3.8) is 0 Å². The van der Waals surface area contributed by atoms with E-state index in [1.807, 2.05) is 0 Å². The second kappa shape index (κ2) is 5.57. The Morgan fingerprint density at radius 1 is 1.39 bits per heavy atom. The first kappa shape index (κ1) is 13.8. The second-order valence-electron chi connectivity index (χ2n) is 5.97. The van der Waals surface area contributed by atoms with Gasteiger partial charge in [-0.3, -0.25) is 4.79 Å². The molecule has 4 nitrogen and oxygen atoms in total. The Bertz CT molecular complexity index is 294. The Morgan fingerprint density at radius 2 is 2.11 bits per heavy atom. The van der Waals surface area contributed by atoms with Gasteiger partial charge in [0.25, 0.3) is 0 Å². The van der Waals surface area contributed by atoms with E-state index < -0.39 is 0 Å². The highest BCUT2D eigenvalue weighted by Gasteiger charge is 2.43. The van der Waals surface area contributed by atoms with E-state index in [2.05, 4.69) is 24.5 Å². The number of aliphatic hydroxyl groups is 1. The fourth-order valence-corrected chi connectivity index (χ4v) is 3.30. The van der Waals surface area contributed by atoms with E-state index in [-0.39, 0.29) is 23.8 Å². The number of carbonyl (C=O) groups excluding carboxylic acids is 1. The van der Waals surface area contributed by atoms with E-state index in [9.17, 15) is 9.90 Å². The molecule has 0 aliphatic carbocycles. The topological polar surface area (TPSA) is 61.4 Å². The third-order valence-electron chi connectivity index (χ3n) is 5.11. The lowest BCUT2D eigenvalue weighted by molar-refractivity contribution is -0.126. The summed E-state index contributed by atoms with van der Waals surface area (Å²) >= 11 is 0. The molecule has 2 fully saturated rings. The van der Waals surface area contributed by atoms with Crippen LogP contribution in [0.1, 0.15) is 46.0 Å². The van der Waals surface area contributed by atoms with Crippen LogP contribution < -0.4 is 10.6 Å². The fourth-order valence-electron chi connectivity index (χ4n) is 3.30. The summed E-state index contributed by atoms with van der Waals surface area (Å²) in [7, 11) is 0. The molecule has 2 rings (SSSR count). The minimum atomic E-state index is -0.138. The van der Waals surface area contributed by atoms with Gasteiger partial charge in [-0.15, -0.1) is 0 Å². The van der Waals surface area contributed by atoms with Crippen LogP contribution in [0.4, 0.5) is 0 Å². The highest BCUT2D eigenvalue weighted by atomic mass is 16.3. The Morgan fingerprint density at radius 3 is 2.56 bits per heavy atom. The number of fused-ring (bicyclic) bond motifs is 2. The van der Waals surface area contributed by atoms with E-state index >= 15 is 0 Å². The summed E-state index contributed by atoms with van der Waals surface area (Å²) in [5, 5.41) is 16.0. The number of amides is 1. The largest absolute Gasteiger partial charge is 0.396 e. The van der Waals surface area contributed by atoms with Gasteiger partial charge in [-0.2, -0.15) is 0 Å². The van der Waals surface area contributed by atoms with E-state index in [1.54, 1.807) is 0 Å². The number of aliphatic hydroxyl groups excluding tert-OH is 1. The van der Waals surface area contributed by atoms with Crippen LogP contribution >= 0.6 is 0 Å². The molecule has 2 bridgehead atoms. The summed E-state index contributed by atoms with van der Waals surface area (Å²) in [4.78, 5) is 12.2. The quantitative estimate of drug-likeness (QED) is 0.664. The zero-order chi connectivity index (χ0) is 13.2. The van der Waals surface area contributed by atoms with Crippen LogP contribution in [0.15, 0.2) is 0 Å². The van der Waals surface area contributed by atoms with Crippen molar-refractivity contribution < 1.29 is 9.90 Å². The predicted octanol–water partition coefficient (Wildman–Crippen LogP) is 1.04. The molecule has 2 heterocycles. The number of hydrogen-bond acceptors (Lipinski definition) is 3. The van der Waals surface area contributed by atoms with Gasteiger partial charge < -0.3 is 15.7 Å². The van der Waals surface area contributed by atoms with E-state index in [0.29, 0.717) is 18.6 Å². The first-order chi connectivity index (χ1) is 8.64. The molecule has 1 amide bonds. The van der Waals surface area contributed by atoms with Crippen LogP contribution in [0.2, 0.25) is 0 Å². The van der Waals surface area contributed by atoms with Gasteiger partial charge in [-0.25, -0.2) is 0 Å². The lowest BCUT2D eigenvalue weighted by atomic mass is 9.82. The molecule has 0 spiro atoms. The van der Waals surface area contributed by atoms with Gasteiger partial charge in [0.2, 0.25) is 5.91 Å². The molecule has 0 radical (unpaired) electrons. The van der Waals surface area contributed by atoms with Crippen molar-refractivity contribution in [2.45, 2.75) is 58.0 Å². The molecule has 3 unspecified atom stereocenters. The molecule has 0 saturated carbocycles. The van der Waals surface area contributed by atoms with Crippen molar-refractivity contribution in [3.8, 4) is 0 Å². The lowest BCUT2D eigenvalue weighted by Gasteiger charge is -2.30. The fraction of sp³-hybridized carbons (Fsp3) is 0.929. The zero-order valence-electron chi connectivity index (χ0n) is 11.5. The summed E-state index contributed by atoms with van der Waals surface area (Å²) in [6, 6.07) is 0.951. The van der Waals surface area contributed by atoms with Gasteiger partial charge in [-0.05, 0) is 32.1 Å². The molecule has 104 valence electrons. The minimum absolute atomic E-state index is 0.138. The maximum absolute atomic E-state index is 12.2. The molecule has 18 heavy (non-hydrogen) atoms. The minimum Gasteiger partial charge on any atom is -0.396 e. The molecule has 0 aromatic carbocycles. The number of rotatable bonds is 6. The van der Waals surface area contributed by atoms with Crippen molar-refractivity contribution in [3.05, 3.63) is 0 Å². The third-order valence-corrected chi connectivity index (χ3v) is 5.11. The number of hydrogen-bond donors (Lipinski definition) is 3. The SMILES string of the molecule is CCC(CC)(CO)CNC(=O)C1CC2CCC1N2. The molecule has 0 aromatic heterocycles. The van der Waals surface area contributed by atoms with Crippen LogP contribution in [-0.4, -0.2) is 36.2 Å². The molecule has 4 heteroatoms. The predicted molar refractivity (Wildman–Crippen MR) is 71.2 cm³/mol. The Kier molecular flexibility index (Phi) is 4.28. The zero-order valence-corrected chi connectivity index (χ0v) is 11.5. The lowest BCUT2D eigenvalue weighted by Crippen LogP contribution is -2.44. The van der Waals surface area contributed by atoms with Crippen LogP contribution in [0.25, 0.3) is 0 Å². The van der Waals surface area contributed by atoms with Crippen molar-refractivity contribution in [2.75, 3.05) is 13.2 Å². The normalized spacial score (nSPS) is 30.7. The summed E-state index contributed by atoms with van der Waals surface area (Å²) in [5.74, 6) is 0.322. The van der Waals surface area contributed by atoms with E-state index in [1.165, 1.54) is 6.42 Å². The first-order valence-corrected chi connectivity index (χ1v) is 7.28. The van der Waals surface area contributed by atoms with Gasteiger partial charge >= 0.3 is 0 Å². The summed E-state index contributed by atoms with van der Waals surface area (Å²) in [6.07, 6.45) is 5.14. The van der Waals surface area contributed by atoms with Crippen molar-refractivity contribution in [2.24, 2.45) is 11.3 Å². The highest BCUT2D eigenvalue weighted by molar-refractivity contribution is 5.80. The van der Waals surface area contributed by atoms with Gasteiger partial charge in [0.05, 0.1) is 12.5 Å². The molecule has 3 atom stereocenters. The monoisotopic (exact) mass is 254 g/mol. The molecule has 0 aromatic rings. The summed E-state index contributed by atoms with van der Waals surface area (Å²) in [5.41, 5.74) is -0.138. The average molecular weight is 254 g/mol. The van der Waals surface area contributed by atoms with Crippen molar-refractivity contribution in [1.29, 1.82) is 0 Å². The molecular formula is C14H26N2O2. The van der Waals surface area contributed by atoms with Crippen LogP contribution in [0.3, 0.4) is 0 Å². The maximum atomic E-state index is 12.2. The smallest absolute Gasteiger partial charge is 0.224 e. The van der Waals surface area contributed by atoms with Gasteiger partial charge in [0, 0.05) is 24.0 Å². The highest BCUT2D eigenvalue weighted by Crippen LogP contribution is 2.33. The standard InChI is InChI=1S/C14H26N2O2/c1-3-14(4-2,9-17)8-15-13(18)11-7-10-5-6-12(11)16-10/h10-12,16-17H,3-9H2,1-2H3,(H,15,18). The van der Waals surface area contributed by atoms with Crippen LogP contribution in [0, 0.1) is 11.3 Å². The first-order valence-electron chi connectivity index (χ1n) is 7.28. The Hall–Kier alpha value is -0.610. The van der Waals surface area contributed by atoms with Crippen LogP contribution in [-0.2, 0) is 4.79 Å². The summed E-state index contributed by atoms with van der Waals surface area (Å²) in [6.45, 7) is 4.90. The van der Waals surface area contributed by atoms with E-state index in [0.717, 1.165) is 25.7 Å². The van der Waals surface area contributed by atoms with Gasteiger partial charge in [0.1, 0.15) is 0 Å². The number of nitrogens with one attached hydrogen (secondary N) is 2. The maximum Gasteiger partial charge on any atom is 0.224 e. The Labute approximate surface area is 110 Å². The van der Waals surface area contributed by atoms with E-state index in [4.69, 9.17) is 0 Å². The van der Waals surface area contributed by atoms with Gasteiger partial charge in [-0.1, -0.05) is 13.8 Å². The molecule has 2 aliphatic rings. The molecular weight excluding hydrogens is 228 g/mol. The van der Waals surface area contributed by atoms with Crippen molar-refractivity contribution >= 4 is 5.91 Å². The molecule has 3 N–H and O–H groups in total. The average Bonchev–Trinajstić information content (AvgIpc) is 3.03. The van der Waals surface area contributed by atoms with Gasteiger partial charge in [0.15, 0.2) is 0 Å². The van der Waals surface area contributed by atoms with Crippen LogP contribution in [0.5, 0.6) is 0 Å². The number of carbonyl (C=O) groups is 1.